The predicted molar refractivity (Wildman–Crippen MR) is 54.8 cm³/mol. The molecule has 1 saturated heterocycles. The molecule has 2 heterocycles. The van der Waals surface area contributed by atoms with Crippen LogP contribution >= 0.6 is 0 Å². The molecule has 1 aliphatic heterocycles. The summed E-state index contributed by atoms with van der Waals surface area (Å²) in [5.74, 6) is 0.101. The molecule has 1 aromatic heterocycles. The third kappa shape index (κ3) is 2.05. The maximum absolute atomic E-state index is 11.4. The van der Waals surface area contributed by atoms with E-state index in [2.05, 4.69) is 4.98 Å². The molecule has 2 rings (SSSR count). The minimum Gasteiger partial charge on any atom is -0.447 e. The number of aromatic nitrogens is 2. The Morgan fingerprint density at radius 2 is 2.50 bits per heavy atom. The van der Waals surface area contributed by atoms with Crippen LogP contribution in [0.15, 0.2) is 18.7 Å². The van der Waals surface area contributed by atoms with Gasteiger partial charge in [-0.05, 0) is 6.42 Å². The van der Waals surface area contributed by atoms with Crippen molar-refractivity contribution in [1.29, 1.82) is 0 Å². The molecule has 0 spiro atoms. The van der Waals surface area contributed by atoms with Crippen molar-refractivity contribution in [3.05, 3.63) is 18.7 Å². The molecule has 1 atom stereocenters. The first-order valence-electron chi connectivity index (χ1n) is 5.09. The number of likely N-dealkylation sites (tertiary alicyclic amines) is 1. The van der Waals surface area contributed by atoms with Gasteiger partial charge in [0.15, 0.2) is 0 Å². The van der Waals surface area contributed by atoms with E-state index < -0.39 is 6.09 Å². The Labute approximate surface area is 92.8 Å². The van der Waals surface area contributed by atoms with Crippen molar-refractivity contribution in [2.75, 3.05) is 13.7 Å². The monoisotopic (exact) mass is 223 g/mol. The number of amides is 1. The normalized spacial score (nSPS) is 20.2. The van der Waals surface area contributed by atoms with Crippen molar-refractivity contribution in [1.82, 2.24) is 14.5 Å². The zero-order valence-corrected chi connectivity index (χ0v) is 9.00. The van der Waals surface area contributed by atoms with Gasteiger partial charge in [-0.25, -0.2) is 14.3 Å². The Kier molecular flexibility index (Phi) is 2.89. The highest BCUT2D eigenvalue weighted by molar-refractivity contribution is 5.78. The number of rotatable bonds is 2. The number of hydrogen-bond donors (Lipinski definition) is 0. The summed E-state index contributed by atoms with van der Waals surface area (Å²) in [5.41, 5.74) is 0. The van der Waals surface area contributed by atoms with E-state index in [-0.39, 0.29) is 18.6 Å². The molecule has 1 aliphatic rings. The van der Waals surface area contributed by atoms with Gasteiger partial charge in [-0.2, -0.15) is 0 Å². The fraction of sp³-hybridized carbons (Fsp3) is 0.500. The fourth-order valence-electron chi connectivity index (χ4n) is 1.67. The van der Waals surface area contributed by atoms with Crippen molar-refractivity contribution in [3.8, 4) is 0 Å². The Morgan fingerprint density at radius 3 is 3.06 bits per heavy atom. The highest BCUT2D eigenvalue weighted by Gasteiger charge is 2.28. The van der Waals surface area contributed by atoms with Crippen LogP contribution in [0.3, 0.4) is 0 Å². The van der Waals surface area contributed by atoms with Gasteiger partial charge < -0.3 is 9.64 Å². The molecule has 0 aliphatic carbocycles. The van der Waals surface area contributed by atoms with Gasteiger partial charge in [0.2, 0.25) is 5.91 Å². The summed E-state index contributed by atoms with van der Waals surface area (Å²) in [6.07, 6.45) is 5.21. The summed E-state index contributed by atoms with van der Waals surface area (Å²) < 4.78 is 6.34. The van der Waals surface area contributed by atoms with Gasteiger partial charge in [0.25, 0.3) is 0 Å². The molecular weight excluding hydrogens is 210 g/mol. The zero-order valence-electron chi connectivity index (χ0n) is 9.00. The van der Waals surface area contributed by atoms with Crippen LogP contribution in [0, 0.1) is 0 Å². The van der Waals surface area contributed by atoms with E-state index in [4.69, 9.17) is 4.74 Å². The van der Waals surface area contributed by atoms with Crippen LogP contribution in [0.2, 0.25) is 0 Å². The summed E-state index contributed by atoms with van der Waals surface area (Å²) in [6.45, 7) is 0.235. The number of hydrogen-bond acceptors (Lipinski definition) is 4. The van der Waals surface area contributed by atoms with Crippen molar-refractivity contribution in [2.24, 2.45) is 0 Å². The molecule has 0 radical (unpaired) electrons. The lowest BCUT2D eigenvalue weighted by molar-refractivity contribution is -0.128. The molecule has 86 valence electrons. The average molecular weight is 223 g/mol. The lowest BCUT2D eigenvalue weighted by atomic mass is 10.2. The summed E-state index contributed by atoms with van der Waals surface area (Å²) in [7, 11) is 1.73. The minimum atomic E-state index is -0.467. The van der Waals surface area contributed by atoms with E-state index in [1.807, 2.05) is 0 Å². The Bertz CT molecular complexity index is 388. The molecule has 16 heavy (non-hydrogen) atoms. The molecule has 0 unspecified atom stereocenters. The molecular formula is C10H13N3O3. The number of ether oxygens (including phenoxy) is 1. The lowest BCUT2D eigenvalue weighted by Gasteiger charge is -2.19. The first-order valence-corrected chi connectivity index (χ1v) is 5.09. The van der Waals surface area contributed by atoms with Crippen LogP contribution in [0.5, 0.6) is 0 Å². The Balaban J connectivity index is 1.84. The van der Waals surface area contributed by atoms with Crippen molar-refractivity contribution >= 4 is 12.0 Å². The molecule has 6 nitrogen and oxygen atoms in total. The molecule has 1 aromatic rings. The SMILES string of the molecule is CN1C(=O)CC[C@H]1COC(=O)n1ccnc1. The number of likely N-dealkylation sites (N-methyl/N-ethyl adjacent to an activating group) is 1. The van der Waals surface area contributed by atoms with Gasteiger partial charge in [-0.1, -0.05) is 0 Å². The lowest BCUT2D eigenvalue weighted by Crippen LogP contribution is -2.33. The topological polar surface area (TPSA) is 64.4 Å². The minimum absolute atomic E-state index is 0.0000265. The second-order valence-electron chi connectivity index (χ2n) is 3.74. The number of nitrogens with zero attached hydrogens (tertiary/aromatic N) is 3. The fourth-order valence-corrected chi connectivity index (χ4v) is 1.67. The third-order valence-corrected chi connectivity index (χ3v) is 2.75. The second-order valence-corrected chi connectivity index (χ2v) is 3.74. The van der Waals surface area contributed by atoms with E-state index in [0.29, 0.717) is 6.42 Å². The van der Waals surface area contributed by atoms with Gasteiger partial charge in [-0.3, -0.25) is 4.79 Å². The summed E-state index contributed by atoms with van der Waals surface area (Å²) >= 11 is 0. The molecule has 1 fully saturated rings. The average Bonchev–Trinajstić information content (AvgIpc) is 2.89. The quantitative estimate of drug-likeness (QED) is 0.731. The smallest absolute Gasteiger partial charge is 0.419 e. The first-order chi connectivity index (χ1) is 7.68. The standard InChI is InChI=1S/C10H13N3O3/c1-12-8(2-3-9(12)14)6-16-10(15)13-5-4-11-7-13/h4-5,7-8H,2-3,6H2,1H3/t8-/m0/s1. The van der Waals surface area contributed by atoms with Gasteiger partial charge in [-0.15, -0.1) is 0 Å². The van der Waals surface area contributed by atoms with Crippen molar-refractivity contribution < 1.29 is 14.3 Å². The first kappa shape index (κ1) is 10.7. The van der Waals surface area contributed by atoms with Gasteiger partial charge in [0.1, 0.15) is 12.9 Å². The molecule has 6 heteroatoms. The summed E-state index contributed by atoms with van der Waals surface area (Å²) in [5, 5.41) is 0. The van der Waals surface area contributed by atoms with Gasteiger partial charge in [0, 0.05) is 25.9 Å². The van der Waals surface area contributed by atoms with Crippen LogP contribution in [-0.4, -0.2) is 46.1 Å². The zero-order chi connectivity index (χ0) is 11.5. The van der Waals surface area contributed by atoms with Crippen molar-refractivity contribution in [2.45, 2.75) is 18.9 Å². The van der Waals surface area contributed by atoms with Crippen LogP contribution in [0.25, 0.3) is 0 Å². The third-order valence-electron chi connectivity index (χ3n) is 2.75. The highest BCUT2D eigenvalue weighted by atomic mass is 16.5. The molecule has 0 N–H and O–H groups in total. The largest absolute Gasteiger partial charge is 0.447 e. The van der Waals surface area contributed by atoms with Crippen LogP contribution in [-0.2, 0) is 9.53 Å². The van der Waals surface area contributed by atoms with Crippen LogP contribution < -0.4 is 0 Å². The Morgan fingerprint density at radius 1 is 1.69 bits per heavy atom. The van der Waals surface area contributed by atoms with Gasteiger partial charge >= 0.3 is 6.09 Å². The van der Waals surface area contributed by atoms with E-state index in [9.17, 15) is 9.59 Å². The van der Waals surface area contributed by atoms with E-state index >= 15 is 0 Å². The maximum atomic E-state index is 11.4. The molecule has 0 bridgehead atoms. The number of carbonyl (C=O) groups excluding carboxylic acids is 2. The van der Waals surface area contributed by atoms with E-state index in [1.165, 1.54) is 23.3 Å². The van der Waals surface area contributed by atoms with Crippen LogP contribution in [0.1, 0.15) is 12.8 Å². The molecule has 0 aromatic carbocycles. The van der Waals surface area contributed by atoms with E-state index in [0.717, 1.165) is 6.42 Å². The number of carbonyl (C=O) groups is 2. The molecule has 1 amide bonds. The van der Waals surface area contributed by atoms with Crippen LogP contribution in [0.4, 0.5) is 4.79 Å². The summed E-state index contributed by atoms with van der Waals surface area (Å²) in [4.78, 5) is 28.0. The highest BCUT2D eigenvalue weighted by Crippen LogP contribution is 2.16. The number of imidazole rings is 1. The Hall–Kier alpha value is -1.85. The van der Waals surface area contributed by atoms with E-state index in [1.54, 1.807) is 11.9 Å². The predicted octanol–water partition coefficient (Wildman–Crippen LogP) is 0.489. The second kappa shape index (κ2) is 4.34. The summed E-state index contributed by atoms with van der Waals surface area (Å²) in [6, 6.07) is -0.0000265. The maximum Gasteiger partial charge on any atom is 0.419 e. The molecule has 0 saturated carbocycles. The van der Waals surface area contributed by atoms with Gasteiger partial charge in [0.05, 0.1) is 6.04 Å². The van der Waals surface area contributed by atoms with Crippen molar-refractivity contribution in [3.63, 3.8) is 0 Å².